The molecule has 0 fully saturated rings. The van der Waals surface area contributed by atoms with E-state index in [1.807, 2.05) is 36.1 Å². The maximum Gasteiger partial charge on any atom is 0.132 e. The average Bonchev–Trinajstić information content (AvgIpc) is 2.48. The molecule has 0 radical (unpaired) electrons. The van der Waals surface area contributed by atoms with E-state index in [0.717, 1.165) is 17.5 Å². The Kier molecular flexibility index (Phi) is 5.00. The van der Waals surface area contributed by atoms with E-state index in [1.165, 1.54) is 26.0 Å². The Labute approximate surface area is 155 Å². The summed E-state index contributed by atoms with van der Waals surface area (Å²) in [4.78, 5) is 1.87. The van der Waals surface area contributed by atoms with Crippen LogP contribution in [0.5, 0.6) is 0 Å². The monoisotopic (exact) mass is 411 g/mol. The van der Waals surface area contributed by atoms with Crippen LogP contribution in [0, 0.1) is 11.6 Å². The number of halogens is 4. The highest BCUT2D eigenvalue weighted by atomic mass is 79.9. The van der Waals surface area contributed by atoms with E-state index in [9.17, 15) is 13.2 Å². The van der Waals surface area contributed by atoms with Crippen molar-refractivity contribution in [1.29, 1.82) is 0 Å². The topological polar surface area (TPSA) is 3.24 Å². The number of hydrogen-bond acceptors (Lipinski definition) is 1. The second-order valence-electron chi connectivity index (χ2n) is 7.33. The van der Waals surface area contributed by atoms with Gasteiger partial charge in [0.05, 0.1) is 6.04 Å². The average molecular weight is 412 g/mol. The van der Waals surface area contributed by atoms with E-state index in [-0.39, 0.29) is 18.2 Å². The molecule has 2 aromatic carbocycles. The molecule has 5 heteroatoms. The summed E-state index contributed by atoms with van der Waals surface area (Å²) in [6.07, 6.45) is 0.725. The lowest BCUT2D eigenvalue weighted by atomic mass is 9.84. The fourth-order valence-corrected chi connectivity index (χ4v) is 4.07. The Morgan fingerprint density at radius 1 is 1.16 bits per heavy atom. The molecular formula is C20H21BrF3N. The van der Waals surface area contributed by atoms with E-state index < -0.39 is 23.3 Å². The van der Waals surface area contributed by atoms with Crippen LogP contribution in [-0.4, -0.2) is 23.2 Å². The summed E-state index contributed by atoms with van der Waals surface area (Å²) in [7, 11) is 0. The van der Waals surface area contributed by atoms with Gasteiger partial charge in [0, 0.05) is 22.6 Å². The van der Waals surface area contributed by atoms with E-state index in [1.54, 1.807) is 0 Å². The summed E-state index contributed by atoms with van der Waals surface area (Å²) in [6.45, 7) is 5.06. The normalized spacial score (nSPS) is 21.2. The zero-order chi connectivity index (χ0) is 18.4. The minimum absolute atomic E-state index is 0.0218. The van der Waals surface area contributed by atoms with Gasteiger partial charge in [0.2, 0.25) is 0 Å². The van der Waals surface area contributed by atoms with Crippen molar-refractivity contribution in [3.63, 3.8) is 0 Å². The highest BCUT2D eigenvalue weighted by Crippen LogP contribution is 2.41. The van der Waals surface area contributed by atoms with Crippen LogP contribution in [0.1, 0.15) is 43.5 Å². The van der Waals surface area contributed by atoms with Crippen molar-refractivity contribution >= 4 is 15.9 Å². The van der Waals surface area contributed by atoms with E-state index >= 15 is 0 Å². The van der Waals surface area contributed by atoms with Gasteiger partial charge in [-0.25, -0.2) is 13.2 Å². The second kappa shape index (κ2) is 6.76. The smallest absolute Gasteiger partial charge is 0.132 e. The number of alkyl halides is 1. The van der Waals surface area contributed by atoms with Gasteiger partial charge in [0.1, 0.15) is 17.3 Å². The molecule has 0 spiro atoms. The van der Waals surface area contributed by atoms with Crippen LogP contribution >= 0.6 is 15.9 Å². The first-order valence-electron chi connectivity index (χ1n) is 8.34. The lowest BCUT2D eigenvalue weighted by Gasteiger charge is -2.44. The molecule has 0 aromatic heterocycles. The molecule has 1 nitrogen and oxygen atoms in total. The summed E-state index contributed by atoms with van der Waals surface area (Å²) >= 11 is 3.13. The third-order valence-corrected chi connectivity index (χ3v) is 5.10. The Hall–Kier alpha value is -1.33. The zero-order valence-electron chi connectivity index (χ0n) is 14.5. The summed E-state index contributed by atoms with van der Waals surface area (Å²) < 4.78 is 44.3. The molecule has 0 bridgehead atoms. The van der Waals surface area contributed by atoms with Crippen LogP contribution in [-0.2, 0) is 6.42 Å². The van der Waals surface area contributed by atoms with Gasteiger partial charge >= 0.3 is 0 Å². The van der Waals surface area contributed by atoms with Crippen molar-refractivity contribution in [2.75, 3.05) is 6.54 Å². The first-order valence-corrected chi connectivity index (χ1v) is 9.13. The molecule has 25 heavy (non-hydrogen) atoms. The molecule has 0 aliphatic carbocycles. The molecule has 0 saturated carbocycles. The van der Waals surface area contributed by atoms with E-state index in [2.05, 4.69) is 15.9 Å². The molecule has 0 saturated heterocycles. The summed E-state index contributed by atoms with van der Waals surface area (Å²) in [6, 6.07) is 9.48. The summed E-state index contributed by atoms with van der Waals surface area (Å²) in [5, 5.41) is 0. The van der Waals surface area contributed by atoms with E-state index in [4.69, 9.17) is 0 Å². The zero-order valence-corrected chi connectivity index (χ0v) is 16.1. The van der Waals surface area contributed by atoms with Crippen molar-refractivity contribution in [3.8, 4) is 0 Å². The third kappa shape index (κ3) is 3.77. The highest BCUT2D eigenvalue weighted by molar-refractivity contribution is 9.10. The molecule has 3 rings (SSSR count). The molecule has 134 valence electrons. The van der Waals surface area contributed by atoms with Gasteiger partial charge in [-0.05, 0) is 50.5 Å². The first kappa shape index (κ1) is 18.5. The maximum atomic E-state index is 14.7. The van der Waals surface area contributed by atoms with Gasteiger partial charge < -0.3 is 0 Å². The Morgan fingerprint density at radius 2 is 1.76 bits per heavy atom. The van der Waals surface area contributed by atoms with Gasteiger partial charge in [0.15, 0.2) is 0 Å². The van der Waals surface area contributed by atoms with Crippen LogP contribution in [0.25, 0.3) is 0 Å². The minimum Gasteiger partial charge on any atom is -0.286 e. The van der Waals surface area contributed by atoms with Gasteiger partial charge in [-0.2, -0.15) is 0 Å². The molecule has 0 N–H and O–H groups in total. The van der Waals surface area contributed by atoms with Crippen LogP contribution < -0.4 is 0 Å². The van der Waals surface area contributed by atoms with Crippen molar-refractivity contribution < 1.29 is 13.2 Å². The number of nitrogens with zero attached hydrogens (tertiary/aromatic N) is 1. The van der Waals surface area contributed by atoms with E-state index in [0.29, 0.717) is 4.47 Å². The molecule has 1 aliphatic heterocycles. The van der Waals surface area contributed by atoms with Gasteiger partial charge in [-0.15, -0.1) is 0 Å². The van der Waals surface area contributed by atoms with Gasteiger partial charge in [0.25, 0.3) is 0 Å². The fourth-order valence-electron chi connectivity index (χ4n) is 3.67. The van der Waals surface area contributed by atoms with Crippen LogP contribution in [0.3, 0.4) is 0 Å². The van der Waals surface area contributed by atoms with Crippen LogP contribution in [0.4, 0.5) is 13.2 Å². The Morgan fingerprint density at radius 3 is 2.36 bits per heavy atom. The first-order chi connectivity index (χ1) is 11.7. The summed E-state index contributed by atoms with van der Waals surface area (Å²) in [5.41, 5.74) is 0.396. The number of hydrogen-bond donors (Lipinski definition) is 0. The molecular weight excluding hydrogens is 391 g/mol. The van der Waals surface area contributed by atoms with Crippen LogP contribution in [0.2, 0.25) is 0 Å². The highest BCUT2D eigenvalue weighted by Gasteiger charge is 2.38. The van der Waals surface area contributed by atoms with Crippen LogP contribution in [0.15, 0.2) is 40.9 Å². The molecule has 2 atom stereocenters. The number of rotatable bonds is 3. The van der Waals surface area contributed by atoms with Crippen molar-refractivity contribution in [1.82, 2.24) is 4.90 Å². The Bertz CT molecular complexity index is 762. The number of fused-ring (bicyclic) bond motifs is 1. The van der Waals surface area contributed by atoms with Crippen molar-refractivity contribution in [3.05, 3.63) is 69.2 Å². The molecule has 2 aromatic rings. The minimum atomic E-state index is -1.47. The van der Waals surface area contributed by atoms with Gasteiger partial charge in [-0.3, -0.25) is 4.90 Å². The predicted molar refractivity (Wildman–Crippen MR) is 97.4 cm³/mol. The maximum absolute atomic E-state index is 14.7. The Balaban J connectivity index is 2.20. The number of benzene rings is 2. The molecule has 1 aliphatic rings. The van der Waals surface area contributed by atoms with Gasteiger partial charge in [-0.1, -0.05) is 40.2 Å². The van der Waals surface area contributed by atoms with Crippen molar-refractivity contribution in [2.24, 2.45) is 0 Å². The SMILES string of the molecule is C[C@@H]1Cc2ccccc2[C@@H](c2c(F)cc(Br)cc2F)N1CC(C)(C)F. The third-order valence-electron chi connectivity index (χ3n) is 4.64. The molecule has 0 amide bonds. The fraction of sp³-hybridized carbons (Fsp3) is 0.400. The molecule has 1 heterocycles. The predicted octanol–water partition coefficient (Wildman–Crippen LogP) is 5.81. The largest absolute Gasteiger partial charge is 0.286 e. The second-order valence-corrected chi connectivity index (χ2v) is 8.24. The lowest BCUT2D eigenvalue weighted by Crippen LogP contribution is -2.48. The quantitative estimate of drug-likeness (QED) is 0.615. The summed E-state index contributed by atoms with van der Waals surface area (Å²) in [5.74, 6) is -1.25. The standard InChI is InChI=1S/C20H21BrF3N/c1-12-8-13-6-4-5-7-15(13)19(25(12)11-20(2,3)24)18-16(22)9-14(21)10-17(18)23/h4-7,9-10,12,19H,8,11H2,1-3H3/t12-,19+/m1/s1. The lowest BCUT2D eigenvalue weighted by molar-refractivity contribution is 0.0652. The molecule has 0 unspecified atom stereocenters. The van der Waals surface area contributed by atoms with Crippen molar-refractivity contribution in [2.45, 2.75) is 44.9 Å².